The molecule has 0 amide bonds. The molecule has 3 nitrogen and oxygen atoms in total. The number of carbonyl (C=O) groups is 1. The monoisotopic (exact) mass is 201 g/mol. The Morgan fingerprint density at radius 1 is 1.27 bits per heavy atom. The van der Waals surface area contributed by atoms with Gasteiger partial charge in [0.2, 0.25) is 0 Å². The topological polar surface area (TPSA) is 52.3 Å². The summed E-state index contributed by atoms with van der Waals surface area (Å²) in [4.78, 5) is 10.8. The number of fused-ring (bicyclic) bond motifs is 1. The molecule has 0 radical (unpaired) electrons. The molecule has 15 heavy (non-hydrogen) atoms. The number of benzene rings is 2. The molecule has 0 aromatic heterocycles. The average molecular weight is 201 g/mol. The molecule has 0 spiro atoms. The van der Waals surface area contributed by atoms with Crippen LogP contribution in [0, 0.1) is 0 Å². The van der Waals surface area contributed by atoms with Crippen molar-refractivity contribution >= 4 is 22.7 Å². The highest BCUT2D eigenvalue weighted by molar-refractivity contribution is 5.97. The summed E-state index contributed by atoms with van der Waals surface area (Å²) in [7, 11) is 1.55. The van der Waals surface area contributed by atoms with Gasteiger partial charge < -0.3 is 10.5 Å². The number of hydrogen-bond acceptors (Lipinski definition) is 3. The Bertz CT molecular complexity index is 520. The molecule has 2 N–H and O–H groups in total. The van der Waals surface area contributed by atoms with Crippen molar-refractivity contribution in [1.29, 1.82) is 0 Å². The van der Waals surface area contributed by atoms with E-state index in [1.807, 2.05) is 18.2 Å². The first-order valence-electron chi connectivity index (χ1n) is 4.57. The van der Waals surface area contributed by atoms with E-state index in [0.29, 0.717) is 17.0 Å². The molecule has 0 saturated heterocycles. The van der Waals surface area contributed by atoms with Gasteiger partial charge in [-0.1, -0.05) is 6.07 Å². The van der Waals surface area contributed by atoms with Crippen LogP contribution in [0.2, 0.25) is 0 Å². The number of carbonyl (C=O) groups excluding carboxylic acids is 1. The van der Waals surface area contributed by atoms with Crippen LogP contribution in [0.1, 0.15) is 10.4 Å². The van der Waals surface area contributed by atoms with Crippen molar-refractivity contribution in [2.24, 2.45) is 0 Å². The largest absolute Gasteiger partial charge is 0.495 e. The Labute approximate surface area is 87.5 Å². The predicted molar refractivity (Wildman–Crippen MR) is 60.3 cm³/mol. The van der Waals surface area contributed by atoms with Gasteiger partial charge in [-0.05, 0) is 29.7 Å². The Kier molecular flexibility index (Phi) is 2.29. The maximum absolute atomic E-state index is 10.8. The lowest BCUT2D eigenvalue weighted by Gasteiger charge is -2.08. The van der Waals surface area contributed by atoms with E-state index in [9.17, 15) is 4.79 Å². The second kappa shape index (κ2) is 3.61. The van der Waals surface area contributed by atoms with Crippen molar-refractivity contribution in [1.82, 2.24) is 0 Å². The number of nitrogen functional groups attached to an aromatic ring is 1. The Hall–Kier alpha value is -2.03. The van der Waals surface area contributed by atoms with Crippen LogP contribution in [0.5, 0.6) is 5.75 Å². The molecule has 2 aromatic carbocycles. The number of nitrogens with two attached hydrogens (primary N) is 1. The van der Waals surface area contributed by atoms with Gasteiger partial charge in [0.15, 0.2) is 6.29 Å². The minimum Gasteiger partial charge on any atom is -0.495 e. The zero-order valence-corrected chi connectivity index (χ0v) is 8.36. The van der Waals surface area contributed by atoms with E-state index in [4.69, 9.17) is 10.5 Å². The van der Waals surface area contributed by atoms with Crippen LogP contribution < -0.4 is 10.5 Å². The Morgan fingerprint density at radius 3 is 2.73 bits per heavy atom. The summed E-state index contributed by atoms with van der Waals surface area (Å²) in [5, 5.41) is 1.87. The summed E-state index contributed by atoms with van der Waals surface area (Å²) in [6, 6.07) is 9.09. The van der Waals surface area contributed by atoms with Crippen LogP contribution in [-0.2, 0) is 0 Å². The highest BCUT2D eigenvalue weighted by Crippen LogP contribution is 2.29. The van der Waals surface area contributed by atoms with Crippen LogP contribution in [0.3, 0.4) is 0 Å². The lowest BCUT2D eigenvalue weighted by Crippen LogP contribution is -1.92. The second-order valence-corrected chi connectivity index (χ2v) is 3.29. The zero-order valence-electron chi connectivity index (χ0n) is 8.36. The summed E-state index contributed by atoms with van der Waals surface area (Å²) < 4.78 is 5.22. The molecule has 0 saturated carbocycles. The molecule has 76 valence electrons. The Balaban J connectivity index is 2.82. The van der Waals surface area contributed by atoms with E-state index < -0.39 is 0 Å². The van der Waals surface area contributed by atoms with Crippen LogP contribution in [0.25, 0.3) is 10.8 Å². The van der Waals surface area contributed by atoms with E-state index in [-0.39, 0.29) is 0 Å². The van der Waals surface area contributed by atoms with Crippen LogP contribution >= 0.6 is 0 Å². The van der Waals surface area contributed by atoms with Crippen LogP contribution in [-0.4, -0.2) is 13.4 Å². The molecular formula is C12H11NO2. The molecule has 0 fully saturated rings. The standard InChI is InChI=1S/C12H11NO2/c1-15-12-9(7-14)3-2-8-6-10(13)4-5-11(8)12/h2-7H,13H2,1H3. The predicted octanol–water partition coefficient (Wildman–Crippen LogP) is 2.24. The fourth-order valence-electron chi connectivity index (χ4n) is 1.66. The number of aldehydes is 1. The quantitative estimate of drug-likeness (QED) is 0.598. The molecule has 0 aliphatic heterocycles. The van der Waals surface area contributed by atoms with Gasteiger partial charge in [-0.25, -0.2) is 0 Å². The van der Waals surface area contributed by atoms with Gasteiger partial charge in [-0.15, -0.1) is 0 Å². The minimum absolute atomic E-state index is 0.551. The smallest absolute Gasteiger partial charge is 0.153 e. The molecule has 2 aromatic rings. The van der Waals surface area contributed by atoms with Crippen molar-refractivity contribution in [3.63, 3.8) is 0 Å². The minimum atomic E-state index is 0.551. The lowest BCUT2D eigenvalue weighted by molar-refractivity contribution is 0.112. The van der Waals surface area contributed by atoms with Crippen LogP contribution in [0.15, 0.2) is 30.3 Å². The first-order chi connectivity index (χ1) is 7.26. The summed E-state index contributed by atoms with van der Waals surface area (Å²) >= 11 is 0. The number of hydrogen-bond donors (Lipinski definition) is 1. The van der Waals surface area contributed by atoms with Crippen molar-refractivity contribution in [2.45, 2.75) is 0 Å². The fourth-order valence-corrected chi connectivity index (χ4v) is 1.66. The van der Waals surface area contributed by atoms with Crippen LogP contribution in [0.4, 0.5) is 5.69 Å². The Morgan fingerprint density at radius 2 is 2.07 bits per heavy atom. The first kappa shape index (κ1) is 9.52. The maximum Gasteiger partial charge on any atom is 0.153 e. The summed E-state index contributed by atoms with van der Waals surface area (Å²) in [6.07, 6.45) is 0.786. The van der Waals surface area contributed by atoms with Gasteiger partial charge >= 0.3 is 0 Å². The molecule has 3 heteroatoms. The molecule has 2 rings (SSSR count). The van der Waals surface area contributed by atoms with E-state index >= 15 is 0 Å². The molecular weight excluding hydrogens is 190 g/mol. The maximum atomic E-state index is 10.8. The highest BCUT2D eigenvalue weighted by Gasteiger charge is 2.07. The van der Waals surface area contributed by atoms with E-state index in [0.717, 1.165) is 17.1 Å². The van der Waals surface area contributed by atoms with Crippen molar-refractivity contribution in [3.8, 4) is 5.75 Å². The van der Waals surface area contributed by atoms with Gasteiger partial charge in [0.1, 0.15) is 5.75 Å². The average Bonchev–Trinajstić information content (AvgIpc) is 2.27. The lowest BCUT2D eigenvalue weighted by atomic mass is 10.1. The van der Waals surface area contributed by atoms with Crippen molar-refractivity contribution in [3.05, 3.63) is 35.9 Å². The van der Waals surface area contributed by atoms with Crippen molar-refractivity contribution in [2.75, 3.05) is 12.8 Å². The summed E-state index contributed by atoms with van der Waals surface area (Å²) in [6.45, 7) is 0. The van der Waals surface area contributed by atoms with E-state index in [2.05, 4.69) is 0 Å². The molecule has 0 atom stereocenters. The van der Waals surface area contributed by atoms with Gasteiger partial charge in [-0.3, -0.25) is 4.79 Å². The van der Waals surface area contributed by atoms with Gasteiger partial charge in [0, 0.05) is 11.1 Å². The molecule has 0 aliphatic rings. The summed E-state index contributed by atoms with van der Waals surface area (Å²) in [5.74, 6) is 0.600. The third-order valence-corrected chi connectivity index (χ3v) is 2.36. The third-order valence-electron chi connectivity index (χ3n) is 2.36. The van der Waals surface area contributed by atoms with Crippen molar-refractivity contribution < 1.29 is 9.53 Å². The second-order valence-electron chi connectivity index (χ2n) is 3.29. The number of anilines is 1. The number of rotatable bonds is 2. The fraction of sp³-hybridized carbons (Fsp3) is 0.0833. The van der Waals surface area contributed by atoms with E-state index in [1.165, 1.54) is 0 Å². The third kappa shape index (κ3) is 1.52. The number of ether oxygens (including phenoxy) is 1. The summed E-state index contributed by atoms with van der Waals surface area (Å²) in [5.41, 5.74) is 6.92. The first-order valence-corrected chi connectivity index (χ1v) is 4.57. The molecule has 0 heterocycles. The van der Waals surface area contributed by atoms with Gasteiger partial charge in [-0.2, -0.15) is 0 Å². The molecule has 0 aliphatic carbocycles. The van der Waals surface area contributed by atoms with Gasteiger partial charge in [0.05, 0.1) is 12.7 Å². The normalized spacial score (nSPS) is 10.2. The van der Waals surface area contributed by atoms with E-state index in [1.54, 1.807) is 19.2 Å². The zero-order chi connectivity index (χ0) is 10.8. The molecule has 0 unspecified atom stereocenters. The SMILES string of the molecule is COc1c(C=O)ccc2cc(N)ccc12. The molecule has 0 bridgehead atoms. The van der Waals surface area contributed by atoms with Gasteiger partial charge in [0.25, 0.3) is 0 Å². The highest BCUT2D eigenvalue weighted by atomic mass is 16.5. The number of methoxy groups -OCH3 is 1.